The van der Waals surface area contributed by atoms with Crippen molar-refractivity contribution >= 4 is 27.5 Å². The van der Waals surface area contributed by atoms with E-state index in [1.54, 1.807) is 13.8 Å². The van der Waals surface area contributed by atoms with Crippen molar-refractivity contribution < 1.29 is 14.1 Å². The van der Waals surface area contributed by atoms with Crippen molar-refractivity contribution in [2.45, 2.75) is 20.4 Å². The van der Waals surface area contributed by atoms with Crippen LogP contribution in [0.3, 0.4) is 0 Å². The molecule has 0 saturated carbocycles. The summed E-state index contributed by atoms with van der Waals surface area (Å²) in [4.78, 5) is 33.2. The van der Waals surface area contributed by atoms with Crippen LogP contribution in [-0.4, -0.2) is 22.5 Å². The number of rotatable bonds is 5. The Morgan fingerprint density at radius 2 is 1.93 bits per heavy atom. The van der Waals surface area contributed by atoms with Gasteiger partial charge in [0, 0.05) is 11.6 Å². The molecule has 6 nitrogen and oxygen atoms in total. The molecule has 3 heterocycles. The third-order valence-electron chi connectivity index (χ3n) is 4.61. The summed E-state index contributed by atoms with van der Waals surface area (Å²) >= 11 is 1.20. The standard InChI is InChI=1S/C22H19N3O3S/c1-3-28-22(27)19-14(2)18-20(26)23-17(24-21(18)29-19)13-25-11-7-10-16(12-25)15-8-5-4-6-9-15/h4-12H,3,13H2,1-2H3/p+1. The molecule has 0 atom stereocenters. The number of pyridine rings is 1. The van der Waals surface area contributed by atoms with Gasteiger partial charge in [0.15, 0.2) is 18.2 Å². The van der Waals surface area contributed by atoms with E-state index in [0.29, 0.717) is 33.0 Å². The molecule has 146 valence electrons. The lowest BCUT2D eigenvalue weighted by Crippen LogP contribution is -2.35. The average molecular weight is 406 g/mol. The van der Waals surface area contributed by atoms with E-state index >= 15 is 0 Å². The number of esters is 1. The number of fused-ring (bicyclic) bond motifs is 1. The molecule has 0 aliphatic carbocycles. The number of nitrogens with zero attached hydrogens (tertiary/aromatic N) is 2. The third kappa shape index (κ3) is 3.82. The summed E-state index contributed by atoms with van der Waals surface area (Å²) in [6.45, 7) is 4.21. The van der Waals surface area contributed by atoms with Crippen molar-refractivity contribution in [1.29, 1.82) is 0 Å². The van der Waals surface area contributed by atoms with Crippen LogP contribution in [-0.2, 0) is 11.3 Å². The first-order valence-corrected chi connectivity index (χ1v) is 10.1. The average Bonchev–Trinajstić information content (AvgIpc) is 3.06. The van der Waals surface area contributed by atoms with Crippen LogP contribution in [0.15, 0.2) is 59.7 Å². The highest BCUT2D eigenvalue weighted by Crippen LogP contribution is 2.27. The maximum absolute atomic E-state index is 12.6. The lowest BCUT2D eigenvalue weighted by atomic mass is 10.1. The van der Waals surface area contributed by atoms with Crippen molar-refractivity contribution in [2.75, 3.05) is 6.61 Å². The van der Waals surface area contributed by atoms with Crippen molar-refractivity contribution in [3.8, 4) is 11.1 Å². The monoisotopic (exact) mass is 406 g/mol. The van der Waals surface area contributed by atoms with E-state index in [4.69, 9.17) is 4.74 Å². The van der Waals surface area contributed by atoms with Crippen LogP contribution in [0.4, 0.5) is 0 Å². The Balaban J connectivity index is 1.69. The Kier molecular flexibility index (Phi) is 5.22. The number of carbonyl (C=O) groups is 1. The third-order valence-corrected chi connectivity index (χ3v) is 5.77. The molecule has 0 amide bonds. The van der Waals surface area contributed by atoms with Gasteiger partial charge in [-0.25, -0.2) is 9.78 Å². The number of thiophene rings is 1. The number of aromatic nitrogens is 3. The minimum Gasteiger partial charge on any atom is -0.462 e. The molecule has 4 rings (SSSR count). The van der Waals surface area contributed by atoms with E-state index in [1.807, 2.05) is 47.3 Å². The summed E-state index contributed by atoms with van der Waals surface area (Å²) in [6, 6.07) is 14.1. The molecule has 0 radical (unpaired) electrons. The van der Waals surface area contributed by atoms with Crippen LogP contribution in [0.25, 0.3) is 21.3 Å². The van der Waals surface area contributed by atoms with E-state index in [9.17, 15) is 9.59 Å². The Morgan fingerprint density at radius 1 is 1.17 bits per heavy atom. The molecule has 1 N–H and O–H groups in total. The molecular formula is C22H20N3O3S+. The quantitative estimate of drug-likeness (QED) is 0.407. The molecule has 3 aromatic heterocycles. The van der Waals surface area contributed by atoms with Crippen molar-refractivity contribution in [3.05, 3.63) is 81.5 Å². The van der Waals surface area contributed by atoms with Gasteiger partial charge in [-0.3, -0.25) is 4.79 Å². The Labute approximate surface area is 171 Å². The van der Waals surface area contributed by atoms with Gasteiger partial charge in [0.1, 0.15) is 9.71 Å². The highest BCUT2D eigenvalue weighted by molar-refractivity contribution is 7.20. The number of nitrogens with one attached hydrogen (secondary N) is 1. The molecule has 0 fully saturated rings. The number of benzene rings is 1. The van der Waals surface area contributed by atoms with Gasteiger partial charge >= 0.3 is 5.97 Å². The first-order chi connectivity index (χ1) is 14.1. The van der Waals surface area contributed by atoms with Gasteiger partial charge in [-0.1, -0.05) is 30.3 Å². The molecule has 0 bridgehead atoms. The van der Waals surface area contributed by atoms with Crippen molar-refractivity contribution in [3.63, 3.8) is 0 Å². The lowest BCUT2D eigenvalue weighted by molar-refractivity contribution is -0.688. The molecule has 0 aliphatic heterocycles. The van der Waals surface area contributed by atoms with Crippen molar-refractivity contribution in [2.24, 2.45) is 0 Å². The van der Waals surface area contributed by atoms with Crippen LogP contribution >= 0.6 is 11.3 Å². The predicted molar refractivity (Wildman–Crippen MR) is 112 cm³/mol. The molecule has 0 aliphatic rings. The number of aromatic amines is 1. The van der Waals surface area contributed by atoms with Gasteiger partial charge in [-0.05, 0) is 31.0 Å². The maximum Gasteiger partial charge on any atom is 0.348 e. The molecular weight excluding hydrogens is 386 g/mol. The van der Waals surface area contributed by atoms with E-state index in [2.05, 4.69) is 22.1 Å². The second kappa shape index (κ2) is 7.97. The number of aryl methyl sites for hydroxylation is 1. The molecule has 0 saturated heterocycles. The van der Waals surface area contributed by atoms with E-state index in [0.717, 1.165) is 11.1 Å². The largest absolute Gasteiger partial charge is 0.462 e. The number of H-pyrrole nitrogens is 1. The van der Waals surface area contributed by atoms with Crippen LogP contribution in [0.2, 0.25) is 0 Å². The molecule has 1 aromatic carbocycles. The number of carbonyl (C=O) groups excluding carboxylic acids is 1. The van der Waals surface area contributed by atoms with Gasteiger partial charge < -0.3 is 9.72 Å². The van der Waals surface area contributed by atoms with Gasteiger partial charge in [0.05, 0.1) is 12.0 Å². The summed E-state index contributed by atoms with van der Waals surface area (Å²) in [5.74, 6) is 0.119. The summed E-state index contributed by atoms with van der Waals surface area (Å²) < 4.78 is 7.06. The number of hydrogen-bond acceptors (Lipinski definition) is 5. The van der Waals surface area contributed by atoms with Crippen LogP contribution in [0.5, 0.6) is 0 Å². The number of ether oxygens (including phenoxy) is 1. The molecule has 7 heteroatoms. The first kappa shape index (κ1) is 19.0. The zero-order valence-electron chi connectivity index (χ0n) is 16.1. The highest BCUT2D eigenvalue weighted by Gasteiger charge is 2.21. The van der Waals surface area contributed by atoms with E-state index < -0.39 is 5.97 Å². The van der Waals surface area contributed by atoms with Gasteiger partial charge in [-0.2, -0.15) is 4.57 Å². The fourth-order valence-electron chi connectivity index (χ4n) is 3.25. The van der Waals surface area contributed by atoms with Gasteiger partial charge in [0.2, 0.25) is 6.54 Å². The van der Waals surface area contributed by atoms with Crippen molar-refractivity contribution in [1.82, 2.24) is 9.97 Å². The van der Waals surface area contributed by atoms with Gasteiger partial charge in [-0.15, -0.1) is 11.3 Å². The minimum atomic E-state index is -0.418. The van der Waals surface area contributed by atoms with Gasteiger partial charge in [0.25, 0.3) is 5.56 Å². The SMILES string of the molecule is CCOC(=O)c1sc2nc(C[n+]3cccc(-c4ccccc4)c3)[nH]c(=O)c2c1C. The minimum absolute atomic E-state index is 0.242. The molecule has 29 heavy (non-hydrogen) atoms. The van der Waals surface area contributed by atoms with Crippen LogP contribution < -0.4 is 10.1 Å². The lowest BCUT2D eigenvalue weighted by Gasteiger charge is -2.02. The Bertz CT molecular complexity index is 1250. The Morgan fingerprint density at radius 3 is 2.69 bits per heavy atom. The molecule has 4 aromatic rings. The summed E-state index contributed by atoms with van der Waals surface area (Å²) in [6.07, 6.45) is 3.95. The number of hydrogen-bond donors (Lipinski definition) is 1. The Hall–Kier alpha value is -3.32. The van der Waals surface area contributed by atoms with Crippen LogP contribution in [0, 0.1) is 6.92 Å². The topological polar surface area (TPSA) is 75.9 Å². The second-order valence-corrected chi connectivity index (χ2v) is 7.60. The zero-order chi connectivity index (χ0) is 20.4. The molecule has 0 spiro atoms. The second-order valence-electron chi connectivity index (χ2n) is 6.60. The van der Waals surface area contributed by atoms with Crippen LogP contribution in [0.1, 0.15) is 28.0 Å². The van der Waals surface area contributed by atoms with E-state index in [1.165, 1.54) is 11.3 Å². The predicted octanol–water partition coefficient (Wildman–Crippen LogP) is 3.47. The molecule has 0 unspecified atom stereocenters. The highest BCUT2D eigenvalue weighted by atomic mass is 32.1. The fourth-order valence-corrected chi connectivity index (χ4v) is 4.34. The summed E-state index contributed by atoms with van der Waals surface area (Å²) in [5.41, 5.74) is 2.57. The van der Waals surface area contributed by atoms with E-state index in [-0.39, 0.29) is 12.2 Å². The zero-order valence-corrected chi connectivity index (χ0v) is 17.0. The summed E-state index contributed by atoms with van der Waals surface area (Å²) in [5, 5.41) is 0.449. The maximum atomic E-state index is 12.6. The summed E-state index contributed by atoms with van der Waals surface area (Å²) in [7, 11) is 0. The fraction of sp³-hybridized carbons (Fsp3) is 0.182. The normalized spacial score (nSPS) is 11.0. The smallest absolute Gasteiger partial charge is 0.348 e. The first-order valence-electron chi connectivity index (χ1n) is 9.30.